The molecule has 2 aromatic rings. The Kier molecular flexibility index (Phi) is 6.79. The second-order valence-electron chi connectivity index (χ2n) is 9.79. The summed E-state index contributed by atoms with van der Waals surface area (Å²) in [5.41, 5.74) is 4.31. The first-order valence-electron chi connectivity index (χ1n) is 12.4. The van der Waals surface area contributed by atoms with E-state index in [0.717, 1.165) is 43.4 Å². The van der Waals surface area contributed by atoms with Crippen LogP contribution in [-0.2, 0) is 14.3 Å². The lowest BCUT2D eigenvalue weighted by Crippen LogP contribution is -2.37. The summed E-state index contributed by atoms with van der Waals surface area (Å²) in [4.78, 5) is 27.1. The van der Waals surface area contributed by atoms with E-state index in [9.17, 15) is 14.0 Å². The van der Waals surface area contributed by atoms with E-state index in [1.807, 2.05) is 31.2 Å². The van der Waals surface area contributed by atoms with Gasteiger partial charge in [0.05, 0.1) is 5.57 Å². The molecule has 0 spiro atoms. The predicted molar refractivity (Wildman–Crippen MR) is 133 cm³/mol. The third-order valence-corrected chi connectivity index (χ3v) is 7.67. The molecule has 1 saturated carbocycles. The van der Waals surface area contributed by atoms with E-state index in [1.54, 1.807) is 12.1 Å². The normalized spacial score (nSPS) is 23.1. The lowest BCUT2D eigenvalue weighted by atomic mass is 9.71. The fourth-order valence-corrected chi connectivity index (χ4v) is 5.79. The smallest absolute Gasteiger partial charge is 0.337 e. The number of esters is 1. The van der Waals surface area contributed by atoms with Crippen LogP contribution in [0.3, 0.4) is 0 Å². The van der Waals surface area contributed by atoms with Crippen LogP contribution in [0.1, 0.15) is 74.8 Å². The molecule has 1 fully saturated rings. The van der Waals surface area contributed by atoms with E-state index >= 15 is 0 Å². The Bertz CT molecular complexity index is 1190. The number of ether oxygens (including phenoxy) is 1. The van der Waals surface area contributed by atoms with Crippen molar-refractivity contribution in [2.24, 2.45) is 0 Å². The fraction of sp³-hybridized carbons (Fsp3) is 0.379. The molecule has 0 aromatic heterocycles. The van der Waals surface area contributed by atoms with Gasteiger partial charge in [0.1, 0.15) is 11.9 Å². The van der Waals surface area contributed by atoms with Gasteiger partial charge >= 0.3 is 5.97 Å². The lowest BCUT2D eigenvalue weighted by Gasteiger charge is -2.37. The highest BCUT2D eigenvalue weighted by Gasteiger charge is 2.41. The summed E-state index contributed by atoms with van der Waals surface area (Å²) in [5, 5.41) is 4.03. The van der Waals surface area contributed by atoms with Crippen LogP contribution >= 0.6 is 11.6 Å². The highest BCUT2D eigenvalue weighted by atomic mass is 35.5. The van der Waals surface area contributed by atoms with E-state index in [0.29, 0.717) is 40.3 Å². The maximum absolute atomic E-state index is 13.8. The van der Waals surface area contributed by atoms with Crippen molar-refractivity contribution in [2.45, 2.75) is 69.8 Å². The first-order chi connectivity index (χ1) is 16.9. The molecule has 5 rings (SSSR count). The van der Waals surface area contributed by atoms with Crippen molar-refractivity contribution in [1.82, 2.24) is 5.32 Å². The molecule has 0 saturated heterocycles. The largest absolute Gasteiger partial charge is 0.459 e. The minimum absolute atomic E-state index is 0.0107. The van der Waals surface area contributed by atoms with Gasteiger partial charge in [-0.2, -0.15) is 0 Å². The number of allylic oxidation sites excluding steroid dienone is 3. The van der Waals surface area contributed by atoms with Gasteiger partial charge in [-0.1, -0.05) is 42.3 Å². The third-order valence-electron chi connectivity index (χ3n) is 7.42. The number of Topliss-reactive ketones (excluding diaryl/α,β-unsaturated/α-hetero) is 1. The van der Waals surface area contributed by atoms with Crippen LogP contribution in [-0.4, -0.2) is 17.9 Å². The molecule has 1 heterocycles. The van der Waals surface area contributed by atoms with Crippen molar-refractivity contribution < 1.29 is 18.7 Å². The van der Waals surface area contributed by atoms with Gasteiger partial charge in [0.2, 0.25) is 0 Å². The van der Waals surface area contributed by atoms with Crippen molar-refractivity contribution in [3.63, 3.8) is 0 Å². The second-order valence-corrected chi connectivity index (χ2v) is 10.2. The highest BCUT2D eigenvalue weighted by Crippen LogP contribution is 2.46. The quantitative estimate of drug-likeness (QED) is 0.480. The Balaban J connectivity index is 1.51. The van der Waals surface area contributed by atoms with Crippen LogP contribution < -0.4 is 5.32 Å². The van der Waals surface area contributed by atoms with E-state index in [4.69, 9.17) is 16.3 Å². The number of hydrogen-bond acceptors (Lipinski definition) is 4. The van der Waals surface area contributed by atoms with Gasteiger partial charge in [-0.3, -0.25) is 4.79 Å². The number of ketones is 1. The predicted octanol–water partition coefficient (Wildman–Crippen LogP) is 6.72. The zero-order valence-electron chi connectivity index (χ0n) is 19.8. The van der Waals surface area contributed by atoms with Crippen molar-refractivity contribution in [2.75, 3.05) is 0 Å². The molecule has 182 valence electrons. The molecule has 0 bridgehead atoms. The number of carbonyl (C=O) groups excluding carboxylic acids is 2. The summed E-state index contributed by atoms with van der Waals surface area (Å²) < 4.78 is 19.7. The third kappa shape index (κ3) is 4.92. The zero-order valence-corrected chi connectivity index (χ0v) is 20.5. The molecule has 0 unspecified atom stereocenters. The molecule has 6 heteroatoms. The van der Waals surface area contributed by atoms with Crippen LogP contribution in [0.5, 0.6) is 0 Å². The molecule has 2 aromatic carbocycles. The van der Waals surface area contributed by atoms with E-state index in [-0.39, 0.29) is 23.6 Å². The first-order valence-corrected chi connectivity index (χ1v) is 12.7. The van der Waals surface area contributed by atoms with Crippen LogP contribution in [0.4, 0.5) is 4.39 Å². The SMILES string of the molecule is CC1=C(C(=O)OC2CCCCC2)[C@H](c2ccc(F)cc2)C2=C(C[C@@H](c3ccc(Cl)cc3)CC2=O)N1. The lowest BCUT2D eigenvalue weighted by molar-refractivity contribution is -0.146. The Morgan fingerprint density at radius 2 is 1.63 bits per heavy atom. The summed E-state index contributed by atoms with van der Waals surface area (Å²) in [7, 11) is 0. The standard InChI is InChI=1S/C29H29ClFNO3/c1-17-26(29(34)35-23-5-3-2-4-6-23)27(19-9-13-22(31)14-10-19)28-24(32-17)15-20(16-25(28)33)18-7-11-21(30)12-8-18/h7-14,20,23,27,32H,2-6,15-16H2,1H3/t20-,27+/m1/s1. The van der Waals surface area contributed by atoms with Gasteiger partial charge < -0.3 is 10.1 Å². The van der Waals surface area contributed by atoms with Gasteiger partial charge in [0, 0.05) is 34.3 Å². The second kappa shape index (κ2) is 9.98. The molecular formula is C29H29ClFNO3. The Morgan fingerprint density at radius 3 is 2.31 bits per heavy atom. The number of benzene rings is 2. The van der Waals surface area contributed by atoms with Crippen molar-refractivity contribution >= 4 is 23.4 Å². The van der Waals surface area contributed by atoms with Crippen LogP contribution in [0, 0.1) is 5.82 Å². The van der Waals surface area contributed by atoms with E-state index < -0.39 is 11.9 Å². The Labute approximate surface area is 210 Å². The molecule has 4 nitrogen and oxygen atoms in total. The molecule has 2 aliphatic carbocycles. The minimum atomic E-state index is -0.582. The molecular weight excluding hydrogens is 465 g/mol. The number of nitrogens with one attached hydrogen (secondary N) is 1. The van der Waals surface area contributed by atoms with Gasteiger partial charge in [0.15, 0.2) is 5.78 Å². The summed E-state index contributed by atoms with van der Waals surface area (Å²) in [5.74, 6) is -1.33. The van der Waals surface area contributed by atoms with Crippen molar-refractivity contribution in [3.8, 4) is 0 Å². The molecule has 1 N–H and O–H groups in total. The van der Waals surface area contributed by atoms with Crippen LogP contribution in [0.2, 0.25) is 5.02 Å². The maximum Gasteiger partial charge on any atom is 0.337 e. The summed E-state index contributed by atoms with van der Waals surface area (Å²) in [6.45, 7) is 1.86. The number of carbonyl (C=O) groups is 2. The topological polar surface area (TPSA) is 55.4 Å². The van der Waals surface area contributed by atoms with Gasteiger partial charge in [-0.05, 0) is 80.3 Å². The highest BCUT2D eigenvalue weighted by molar-refractivity contribution is 6.30. The fourth-order valence-electron chi connectivity index (χ4n) is 5.67. The molecule has 0 amide bonds. The average molecular weight is 494 g/mol. The molecule has 1 aliphatic heterocycles. The summed E-state index contributed by atoms with van der Waals surface area (Å²) in [6.07, 6.45) is 5.87. The summed E-state index contributed by atoms with van der Waals surface area (Å²) in [6, 6.07) is 13.7. The van der Waals surface area contributed by atoms with Gasteiger partial charge in [-0.15, -0.1) is 0 Å². The van der Waals surface area contributed by atoms with Gasteiger partial charge in [0.25, 0.3) is 0 Å². The maximum atomic E-state index is 13.8. The summed E-state index contributed by atoms with van der Waals surface area (Å²) >= 11 is 6.06. The monoisotopic (exact) mass is 493 g/mol. The Morgan fingerprint density at radius 1 is 0.971 bits per heavy atom. The molecule has 35 heavy (non-hydrogen) atoms. The Hall–Kier alpha value is -2.92. The van der Waals surface area contributed by atoms with Crippen LogP contribution in [0.25, 0.3) is 0 Å². The number of dihydropyridines is 1. The van der Waals surface area contributed by atoms with Crippen molar-refractivity contribution in [3.05, 3.63) is 93.0 Å². The number of rotatable bonds is 4. The van der Waals surface area contributed by atoms with Gasteiger partial charge in [-0.25, -0.2) is 9.18 Å². The average Bonchev–Trinajstić information content (AvgIpc) is 2.84. The molecule has 2 atom stereocenters. The number of hydrogen-bond donors (Lipinski definition) is 1. The van der Waals surface area contributed by atoms with Crippen molar-refractivity contribution in [1.29, 1.82) is 0 Å². The number of halogens is 2. The minimum Gasteiger partial charge on any atom is -0.459 e. The molecule has 0 radical (unpaired) electrons. The first kappa shape index (κ1) is 23.8. The molecule has 3 aliphatic rings. The van der Waals surface area contributed by atoms with Crippen LogP contribution in [0.15, 0.2) is 71.1 Å². The van der Waals surface area contributed by atoms with E-state index in [2.05, 4.69) is 5.32 Å². The zero-order chi connectivity index (χ0) is 24.5. The van der Waals surface area contributed by atoms with E-state index in [1.165, 1.54) is 12.1 Å².